The minimum atomic E-state index is -1.11. The Labute approximate surface area is 103 Å². The average molecular weight is 253 g/mol. The van der Waals surface area contributed by atoms with Crippen LogP contribution in [0.3, 0.4) is 0 Å². The molecule has 8 heteroatoms. The van der Waals surface area contributed by atoms with Crippen LogP contribution in [0.2, 0.25) is 0 Å². The van der Waals surface area contributed by atoms with Gasteiger partial charge >= 0.3 is 5.97 Å². The van der Waals surface area contributed by atoms with Crippen molar-refractivity contribution in [3.05, 3.63) is 11.9 Å². The molecule has 0 bridgehead atoms. The molecule has 1 aliphatic heterocycles. The van der Waals surface area contributed by atoms with Crippen LogP contribution < -0.4 is 5.73 Å². The molecule has 1 aliphatic rings. The van der Waals surface area contributed by atoms with Crippen LogP contribution in [-0.2, 0) is 4.79 Å². The van der Waals surface area contributed by atoms with Gasteiger partial charge in [0.15, 0.2) is 5.69 Å². The summed E-state index contributed by atoms with van der Waals surface area (Å²) in [6.07, 6.45) is 1.36. The maximum absolute atomic E-state index is 11.8. The Hall–Kier alpha value is -1.96. The first-order chi connectivity index (χ1) is 8.29. The number of rotatable bonds is 3. The third-order valence-corrected chi connectivity index (χ3v) is 2.80. The molecule has 3 N–H and O–H groups in total. The maximum atomic E-state index is 11.8. The summed E-state index contributed by atoms with van der Waals surface area (Å²) in [4.78, 5) is 24.1. The molecule has 1 saturated heterocycles. The highest BCUT2D eigenvalue weighted by atomic mass is 16.4. The Morgan fingerprint density at radius 1 is 1.50 bits per heavy atom. The minimum absolute atomic E-state index is 0.0306. The third-order valence-electron chi connectivity index (χ3n) is 2.80. The number of carboxylic acid groups (broad SMARTS) is 1. The van der Waals surface area contributed by atoms with Gasteiger partial charge in [0.25, 0.3) is 0 Å². The number of hydrogen-bond acceptors (Lipinski definition) is 5. The van der Waals surface area contributed by atoms with Crippen LogP contribution in [0, 0.1) is 0 Å². The van der Waals surface area contributed by atoms with Crippen molar-refractivity contribution < 1.29 is 14.7 Å². The van der Waals surface area contributed by atoms with Gasteiger partial charge in [-0.1, -0.05) is 5.21 Å². The van der Waals surface area contributed by atoms with Gasteiger partial charge in [-0.3, -0.25) is 4.79 Å². The van der Waals surface area contributed by atoms with Gasteiger partial charge in [0.05, 0.1) is 17.8 Å². The topological polar surface area (TPSA) is 114 Å². The number of aromatic carboxylic acids is 1. The molecule has 2 heterocycles. The van der Waals surface area contributed by atoms with Gasteiger partial charge in [-0.2, -0.15) is 0 Å². The Kier molecular flexibility index (Phi) is 2.81. The van der Waals surface area contributed by atoms with Crippen molar-refractivity contribution in [2.45, 2.75) is 25.4 Å². The molecular formula is C10H15N5O3. The number of hydrogen-bond donors (Lipinski definition) is 2. The van der Waals surface area contributed by atoms with Gasteiger partial charge in [-0.05, 0) is 13.8 Å². The summed E-state index contributed by atoms with van der Waals surface area (Å²) in [7, 11) is 0. The van der Waals surface area contributed by atoms with Crippen LogP contribution in [0.1, 0.15) is 30.4 Å². The number of amides is 1. The fraction of sp³-hybridized carbons (Fsp3) is 0.600. The molecule has 8 nitrogen and oxygen atoms in total. The second kappa shape index (κ2) is 4.05. The monoisotopic (exact) mass is 253 g/mol. The smallest absolute Gasteiger partial charge is 0.358 e. The SMILES string of the molecule is CC(C)(N)C(=O)N1CC(n2cc(C(=O)O)nn2)C1. The highest BCUT2D eigenvalue weighted by Gasteiger charge is 2.38. The van der Waals surface area contributed by atoms with Gasteiger partial charge in [0.2, 0.25) is 5.91 Å². The van der Waals surface area contributed by atoms with Crippen molar-refractivity contribution in [1.82, 2.24) is 19.9 Å². The van der Waals surface area contributed by atoms with Gasteiger partial charge in [-0.25, -0.2) is 9.48 Å². The summed E-state index contributed by atoms with van der Waals surface area (Å²) in [5.41, 5.74) is 4.73. The summed E-state index contributed by atoms with van der Waals surface area (Å²) < 4.78 is 1.47. The molecule has 0 radical (unpaired) electrons. The van der Waals surface area contributed by atoms with Crippen LogP contribution in [0.25, 0.3) is 0 Å². The van der Waals surface area contributed by atoms with Crippen LogP contribution in [-0.4, -0.2) is 55.5 Å². The number of likely N-dealkylation sites (tertiary alicyclic amines) is 1. The predicted molar refractivity (Wildman–Crippen MR) is 60.9 cm³/mol. The van der Waals surface area contributed by atoms with E-state index in [-0.39, 0.29) is 17.6 Å². The molecule has 0 aliphatic carbocycles. The highest BCUT2D eigenvalue weighted by Crippen LogP contribution is 2.22. The van der Waals surface area contributed by atoms with Gasteiger partial charge in [0, 0.05) is 13.1 Å². The summed E-state index contributed by atoms with van der Waals surface area (Å²) in [5.74, 6) is -1.24. The highest BCUT2D eigenvalue weighted by molar-refractivity contribution is 5.86. The van der Waals surface area contributed by atoms with Crippen molar-refractivity contribution in [2.24, 2.45) is 5.73 Å². The van der Waals surface area contributed by atoms with Gasteiger partial charge in [-0.15, -0.1) is 5.10 Å². The fourth-order valence-electron chi connectivity index (χ4n) is 1.75. The largest absolute Gasteiger partial charge is 0.476 e. The molecule has 0 aromatic carbocycles. The quantitative estimate of drug-likeness (QED) is 0.721. The second-order valence-electron chi connectivity index (χ2n) is 4.97. The lowest BCUT2D eigenvalue weighted by Gasteiger charge is -2.41. The molecule has 0 unspecified atom stereocenters. The first-order valence-corrected chi connectivity index (χ1v) is 5.52. The molecular weight excluding hydrogens is 238 g/mol. The molecule has 0 saturated carbocycles. The minimum Gasteiger partial charge on any atom is -0.476 e. The molecule has 2 rings (SSSR count). The molecule has 1 fully saturated rings. The summed E-state index contributed by atoms with van der Waals surface area (Å²) in [6, 6.07) is -0.0306. The zero-order chi connectivity index (χ0) is 13.5. The molecule has 0 atom stereocenters. The lowest BCUT2D eigenvalue weighted by atomic mass is 10.0. The van der Waals surface area contributed by atoms with Crippen LogP contribution in [0.5, 0.6) is 0 Å². The lowest BCUT2D eigenvalue weighted by molar-refractivity contribution is -0.141. The molecule has 1 aromatic heterocycles. The molecule has 0 spiro atoms. The van der Waals surface area contributed by atoms with E-state index in [9.17, 15) is 9.59 Å². The molecule has 98 valence electrons. The first kappa shape index (κ1) is 12.5. The van der Waals surface area contributed by atoms with E-state index < -0.39 is 11.5 Å². The van der Waals surface area contributed by atoms with E-state index in [1.807, 2.05) is 0 Å². The number of carbonyl (C=O) groups excluding carboxylic acids is 1. The number of carbonyl (C=O) groups is 2. The average Bonchev–Trinajstić information content (AvgIpc) is 2.62. The number of nitrogens with zero attached hydrogens (tertiary/aromatic N) is 4. The zero-order valence-electron chi connectivity index (χ0n) is 10.2. The predicted octanol–water partition coefficient (Wildman–Crippen LogP) is -0.903. The summed E-state index contributed by atoms with van der Waals surface area (Å²) in [6.45, 7) is 4.26. The first-order valence-electron chi connectivity index (χ1n) is 5.52. The Balaban J connectivity index is 1.96. The fourth-order valence-corrected chi connectivity index (χ4v) is 1.75. The normalized spacial score (nSPS) is 16.5. The van der Waals surface area contributed by atoms with Crippen molar-refractivity contribution in [3.63, 3.8) is 0 Å². The summed E-state index contributed by atoms with van der Waals surface area (Å²) in [5, 5.41) is 16.0. The second-order valence-corrected chi connectivity index (χ2v) is 4.97. The number of nitrogens with two attached hydrogens (primary N) is 1. The van der Waals surface area contributed by atoms with Crippen molar-refractivity contribution in [2.75, 3.05) is 13.1 Å². The lowest BCUT2D eigenvalue weighted by Crippen LogP contribution is -2.59. The van der Waals surface area contributed by atoms with Crippen molar-refractivity contribution in [3.8, 4) is 0 Å². The van der Waals surface area contributed by atoms with E-state index in [1.54, 1.807) is 18.7 Å². The third kappa shape index (κ3) is 2.19. The van der Waals surface area contributed by atoms with E-state index in [1.165, 1.54) is 10.9 Å². The molecule has 1 aromatic rings. The van der Waals surface area contributed by atoms with Gasteiger partial charge in [0.1, 0.15) is 0 Å². The van der Waals surface area contributed by atoms with E-state index >= 15 is 0 Å². The van der Waals surface area contributed by atoms with Crippen molar-refractivity contribution in [1.29, 1.82) is 0 Å². The zero-order valence-corrected chi connectivity index (χ0v) is 10.2. The standard InChI is InChI=1S/C10H15N5O3/c1-10(2,11)9(18)14-3-6(4-14)15-5-7(8(16)17)12-13-15/h5-6H,3-4,11H2,1-2H3,(H,16,17). The summed E-state index contributed by atoms with van der Waals surface area (Å²) >= 11 is 0. The number of carboxylic acids is 1. The van der Waals surface area contributed by atoms with Crippen LogP contribution in [0.15, 0.2) is 6.20 Å². The van der Waals surface area contributed by atoms with E-state index in [2.05, 4.69) is 10.3 Å². The van der Waals surface area contributed by atoms with E-state index in [4.69, 9.17) is 10.8 Å². The Bertz CT molecular complexity index is 484. The molecule has 18 heavy (non-hydrogen) atoms. The Morgan fingerprint density at radius 3 is 2.56 bits per heavy atom. The van der Waals surface area contributed by atoms with E-state index in [0.717, 1.165) is 0 Å². The maximum Gasteiger partial charge on any atom is 0.358 e. The molecule has 1 amide bonds. The van der Waals surface area contributed by atoms with E-state index in [0.29, 0.717) is 13.1 Å². The number of aromatic nitrogens is 3. The Morgan fingerprint density at radius 2 is 2.11 bits per heavy atom. The van der Waals surface area contributed by atoms with Crippen LogP contribution >= 0.6 is 0 Å². The van der Waals surface area contributed by atoms with Gasteiger partial charge < -0.3 is 15.7 Å². The van der Waals surface area contributed by atoms with Crippen molar-refractivity contribution >= 4 is 11.9 Å². The van der Waals surface area contributed by atoms with Crippen LogP contribution in [0.4, 0.5) is 0 Å².